The maximum atomic E-state index is 12.1. The van der Waals surface area contributed by atoms with Crippen molar-refractivity contribution in [3.8, 4) is 0 Å². The van der Waals surface area contributed by atoms with E-state index in [0.29, 0.717) is 11.5 Å². The summed E-state index contributed by atoms with van der Waals surface area (Å²) in [5, 5.41) is 27.9. The standard InChI is InChI=1S/C7H7F.C6H10OS.2CH2O3/c1-6-2-4-7(8)5-3-6;1-3-5-8(7)6-4-2;2*2-1(3)4/h2-5H,1H3;3-4H,1-2,5-6H2;2*(H2,2,3,4). The van der Waals surface area contributed by atoms with E-state index in [1.165, 1.54) is 12.1 Å². The number of halogens is 1. The number of aryl methyl sites for hydroxylation is 1. The lowest BCUT2D eigenvalue weighted by Crippen LogP contribution is -1.95. The Bertz CT molecular complexity index is 462. The molecule has 1 aromatic rings. The first-order chi connectivity index (χ1) is 11.1. The van der Waals surface area contributed by atoms with Gasteiger partial charge >= 0.3 is 12.3 Å². The molecule has 0 saturated heterocycles. The van der Waals surface area contributed by atoms with Crippen molar-refractivity contribution in [1.82, 2.24) is 0 Å². The van der Waals surface area contributed by atoms with Gasteiger partial charge in [-0.1, -0.05) is 29.8 Å². The van der Waals surface area contributed by atoms with Gasteiger partial charge in [-0.3, -0.25) is 4.21 Å². The van der Waals surface area contributed by atoms with Crippen molar-refractivity contribution < 1.29 is 38.6 Å². The van der Waals surface area contributed by atoms with Gasteiger partial charge in [-0.25, -0.2) is 14.0 Å². The Kier molecular flexibility index (Phi) is 20.1. The van der Waals surface area contributed by atoms with Gasteiger partial charge in [0, 0.05) is 22.3 Å². The highest BCUT2D eigenvalue weighted by Gasteiger charge is 1.88. The SMILES string of the molecule is C=CCS(=O)CC=C.Cc1ccc(F)cc1.O=C(O)O.O=C(O)O. The second-order valence-corrected chi connectivity index (χ2v) is 5.26. The van der Waals surface area contributed by atoms with Gasteiger partial charge in [0.05, 0.1) is 0 Å². The van der Waals surface area contributed by atoms with E-state index in [2.05, 4.69) is 13.2 Å². The molecule has 0 unspecified atom stereocenters. The van der Waals surface area contributed by atoms with Crippen LogP contribution in [0.2, 0.25) is 0 Å². The monoisotopic (exact) mass is 364 g/mol. The van der Waals surface area contributed by atoms with E-state index in [1.54, 1.807) is 24.3 Å². The topological polar surface area (TPSA) is 132 Å². The van der Waals surface area contributed by atoms with Gasteiger partial charge < -0.3 is 20.4 Å². The summed E-state index contributed by atoms with van der Waals surface area (Å²) in [6.45, 7) is 8.84. The van der Waals surface area contributed by atoms with Crippen LogP contribution >= 0.6 is 0 Å². The summed E-state index contributed by atoms with van der Waals surface area (Å²) in [7, 11) is -0.756. The fourth-order valence-electron chi connectivity index (χ4n) is 0.864. The minimum absolute atomic E-state index is 0.171. The van der Waals surface area contributed by atoms with Crippen molar-refractivity contribution in [2.45, 2.75) is 6.92 Å². The molecule has 0 aromatic heterocycles. The largest absolute Gasteiger partial charge is 0.503 e. The molecule has 1 rings (SSSR count). The summed E-state index contributed by atoms with van der Waals surface area (Å²) in [4.78, 5) is 17.1. The Labute approximate surface area is 141 Å². The molecule has 0 atom stereocenters. The Morgan fingerprint density at radius 2 is 1.29 bits per heavy atom. The van der Waals surface area contributed by atoms with Crippen LogP contribution in [0.1, 0.15) is 5.56 Å². The van der Waals surface area contributed by atoms with E-state index in [1.807, 2.05) is 6.92 Å². The highest BCUT2D eigenvalue weighted by Crippen LogP contribution is 1.98. The normalized spacial score (nSPS) is 8.12. The third-order valence-corrected chi connectivity index (χ3v) is 2.83. The maximum Gasteiger partial charge on any atom is 0.503 e. The molecule has 0 aliphatic heterocycles. The smallest absolute Gasteiger partial charge is 0.450 e. The summed E-state index contributed by atoms with van der Waals surface area (Å²) in [6, 6.07) is 6.40. The molecule has 0 heterocycles. The molecule has 0 bridgehead atoms. The van der Waals surface area contributed by atoms with Crippen molar-refractivity contribution >= 4 is 23.1 Å². The van der Waals surface area contributed by atoms with Crippen LogP contribution in [0.15, 0.2) is 49.6 Å². The van der Waals surface area contributed by atoms with Crippen LogP contribution in [0.5, 0.6) is 0 Å². The van der Waals surface area contributed by atoms with Gasteiger partial charge in [0.15, 0.2) is 0 Å². The molecule has 0 amide bonds. The Hall–Kier alpha value is -2.68. The summed E-state index contributed by atoms with van der Waals surface area (Å²) < 4.78 is 22.7. The molecule has 0 aliphatic carbocycles. The molecule has 4 N–H and O–H groups in total. The molecule has 0 saturated carbocycles. The third kappa shape index (κ3) is 36.5. The minimum Gasteiger partial charge on any atom is -0.450 e. The number of carbonyl (C=O) groups is 2. The van der Waals surface area contributed by atoms with Gasteiger partial charge in [0.25, 0.3) is 0 Å². The molecule has 136 valence electrons. The molecular formula is C15H21FO7S. The number of hydrogen-bond acceptors (Lipinski definition) is 3. The Morgan fingerprint density at radius 3 is 1.50 bits per heavy atom. The third-order valence-electron chi connectivity index (χ3n) is 1.62. The molecular weight excluding hydrogens is 343 g/mol. The zero-order chi connectivity index (χ0) is 19.5. The van der Waals surface area contributed by atoms with Crippen LogP contribution in [-0.2, 0) is 10.8 Å². The molecule has 0 fully saturated rings. The van der Waals surface area contributed by atoms with Crippen molar-refractivity contribution in [2.75, 3.05) is 11.5 Å². The lowest BCUT2D eigenvalue weighted by atomic mass is 10.2. The lowest BCUT2D eigenvalue weighted by Gasteiger charge is -1.87. The molecule has 1 aromatic carbocycles. The average Bonchev–Trinajstić information content (AvgIpc) is 2.42. The van der Waals surface area contributed by atoms with Gasteiger partial charge in [-0.15, -0.1) is 13.2 Å². The highest BCUT2D eigenvalue weighted by molar-refractivity contribution is 7.85. The zero-order valence-electron chi connectivity index (χ0n) is 13.1. The number of hydrogen-bond donors (Lipinski definition) is 4. The van der Waals surface area contributed by atoms with Crippen molar-refractivity contribution in [2.24, 2.45) is 0 Å². The lowest BCUT2D eigenvalue weighted by molar-refractivity contribution is 0.135. The second kappa shape index (κ2) is 18.4. The molecule has 0 spiro atoms. The molecule has 9 heteroatoms. The Balaban J connectivity index is -0.000000260. The summed E-state index contributed by atoms with van der Waals surface area (Å²) in [5.41, 5.74) is 1.09. The summed E-state index contributed by atoms with van der Waals surface area (Å²) in [5.74, 6) is 0.980. The molecule has 0 radical (unpaired) electrons. The van der Waals surface area contributed by atoms with Gasteiger partial charge in [-0.05, 0) is 19.1 Å². The van der Waals surface area contributed by atoms with Crippen LogP contribution in [0, 0.1) is 12.7 Å². The number of carboxylic acid groups (broad SMARTS) is 4. The van der Waals surface area contributed by atoms with Crippen molar-refractivity contribution in [3.63, 3.8) is 0 Å². The van der Waals surface area contributed by atoms with Crippen LogP contribution in [0.3, 0.4) is 0 Å². The predicted molar refractivity (Wildman–Crippen MR) is 90.7 cm³/mol. The van der Waals surface area contributed by atoms with Crippen LogP contribution < -0.4 is 0 Å². The average molecular weight is 364 g/mol. The van der Waals surface area contributed by atoms with E-state index in [-0.39, 0.29) is 5.82 Å². The fraction of sp³-hybridized carbons (Fsp3) is 0.200. The van der Waals surface area contributed by atoms with Gasteiger partial charge in [0.1, 0.15) is 5.82 Å². The molecule has 7 nitrogen and oxygen atoms in total. The Morgan fingerprint density at radius 1 is 1.00 bits per heavy atom. The molecule has 24 heavy (non-hydrogen) atoms. The van der Waals surface area contributed by atoms with Crippen molar-refractivity contribution in [3.05, 3.63) is 61.0 Å². The molecule has 0 aliphatic rings. The van der Waals surface area contributed by atoms with E-state index >= 15 is 0 Å². The zero-order valence-corrected chi connectivity index (χ0v) is 13.9. The quantitative estimate of drug-likeness (QED) is 0.599. The summed E-state index contributed by atoms with van der Waals surface area (Å²) >= 11 is 0. The van der Waals surface area contributed by atoms with Gasteiger partial charge in [0.2, 0.25) is 0 Å². The highest BCUT2D eigenvalue weighted by atomic mass is 32.2. The van der Waals surface area contributed by atoms with E-state index < -0.39 is 23.1 Å². The van der Waals surface area contributed by atoms with Crippen LogP contribution in [0.25, 0.3) is 0 Å². The predicted octanol–water partition coefficient (Wildman–Crippen LogP) is 3.69. The van der Waals surface area contributed by atoms with Crippen molar-refractivity contribution in [1.29, 1.82) is 0 Å². The number of rotatable bonds is 4. The van der Waals surface area contributed by atoms with E-state index in [4.69, 9.17) is 30.0 Å². The fourth-order valence-corrected chi connectivity index (χ4v) is 1.53. The first-order valence-corrected chi connectivity index (χ1v) is 7.68. The van der Waals surface area contributed by atoms with Crippen LogP contribution in [0.4, 0.5) is 14.0 Å². The first kappa shape index (κ1) is 26.2. The van der Waals surface area contributed by atoms with Crippen LogP contribution in [-0.4, -0.2) is 48.5 Å². The minimum atomic E-state index is -1.83. The summed E-state index contributed by atoms with van der Waals surface area (Å²) in [6.07, 6.45) is -0.362. The second-order valence-electron chi connectivity index (χ2n) is 3.71. The van der Waals surface area contributed by atoms with E-state index in [9.17, 15) is 8.60 Å². The number of benzene rings is 1. The first-order valence-electron chi connectivity index (χ1n) is 6.19. The van der Waals surface area contributed by atoms with E-state index in [0.717, 1.165) is 5.56 Å². The maximum absolute atomic E-state index is 12.1. The van der Waals surface area contributed by atoms with Gasteiger partial charge in [-0.2, -0.15) is 0 Å².